The van der Waals surface area contributed by atoms with Gasteiger partial charge in [-0.05, 0) is 50.2 Å². The van der Waals surface area contributed by atoms with Gasteiger partial charge in [-0.25, -0.2) is 4.39 Å². The highest BCUT2D eigenvalue weighted by atomic mass is 19.1. The lowest BCUT2D eigenvalue weighted by molar-refractivity contribution is 0.270. The van der Waals surface area contributed by atoms with Gasteiger partial charge in [-0.1, -0.05) is 18.2 Å². The normalized spacial score (nSPS) is 10.4. The quantitative estimate of drug-likeness (QED) is 0.238. The first-order valence-electron chi connectivity index (χ1n) is 11.7. The first-order chi connectivity index (χ1) is 17.9. The summed E-state index contributed by atoms with van der Waals surface area (Å²) >= 11 is 0. The van der Waals surface area contributed by atoms with Gasteiger partial charge in [0.2, 0.25) is 11.8 Å². The third kappa shape index (κ3) is 6.91. The Morgan fingerprint density at radius 2 is 1.11 bits per heavy atom. The highest BCUT2D eigenvalue weighted by molar-refractivity contribution is 5.92. The summed E-state index contributed by atoms with van der Waals surface area (Å²) in [5, 5.41) is 15.9. The van der Waals surface area contributed by atoms with E-state index in [9.17, 15) is 0 Å². The van der Waals surface area contributed by atoms with E-state index in [2.05, 4.69) is 0 Å². The Hall–Kier alpha value is -4.27. The first kappa shape index (κ1) is 27.3. The zero-order chi connectivity index (χ0) is 26.8. The molecule has 0 amide bonds. The zero-order valence-corrected chi connectivity index (χ0v) is 21.4. The molecule has 37 heavy (non-hydrogen) atoms. The molecule has 0 aromatic heterocycles. The fraction of sp³-hybridized carbons (Fsp3) is 0.286. The van der Waals surface area contributed by atoms with Crippen molar-refractivity contribution in [3.05, 3.63) is 82.7 Å². The van der Waals surface area contributed by atoms with Crippen molar-refractivity contribution >= 4 is 11.8 Å². The molecular weight excluding hydrogens is 479 g/mol. The lowest BCUT2D eigenvalue weighted by atomic mass is 10.1. The van der Waals surface area contributed by atoms with Crippen molar-refractivity contribution in [2.45, 2.75) is 27.1 Å². The van der Waals surface area contributed by atoms with Gasteiger partial charge in [0.1, 0.15) is 19.0 Å². The van der Waals surface area contributed by atoms with Crippen LogP contribution in [0.5, 0.6) is 23.0 Å². The van der Waals surface area contributed by atoms with Crippen molar-refractivity contribution in [3.63, 3.8) is 0 Å². The molecule has 0 aliphatic heterocycles. The number of hydrogen-bond donors (Lipinski definition) is 2. The van der Waals surface area contributed by atoms with Crippen LogP contribution in [-0.2, 0) is 22.7 Å². The molecule has 3 aromatic carbocycles. The molecule has 0 saturated carbocycles. The van der Waals surface area contributed by atoms with Crippen molar-refractivity contribution in [1.82, 2.24) is 0 Å². The zero-order valence-electron chi connectivity index (χ0n) is 21.4. The maximum atomic E-state index is 15.2. The van der Waals surface area contributed by atoms with E-state index < -0.39 is 5.82 Å². The molecule has 0 bridgehead atoms. The van der Waals surface area contributed by atoms with Gasteiger partial charge in [0, 0.05) is 22.3 Å². The van der Waals surface area contributed by atoms with Crippen molar-refractivity contribution in [2.24, 2.45) is 0 Å². The average Bonchev–Trinajstić information content (AvgIpc) is 2.91. The molecule has 0 saturated heterocycles. The monoisotopic (exact) mass is 510 g/mol. The van der Waals surface area contributed by atoms with Crippen LogP contribution in [0.4, 0.5) is 4.39 Å². The molecule has 0 fully saturated rings. The fourth-order valence-electron chi connectivity index (χ4n) is 3.48. The third-order valence-corrected chi connectivity index (χ3v) is 5.35. The van der Waals surface area contributed by atoms with Crippen molar-refractivity contribution in [2.75, 3.05) is 27.4 Å². The Morgan fingerprint density at radius 3 is 1.49 bits per heavy atom. The topological polar surface area (TPSA) is 103 Å². The van der Waals surface area contributed by atoms with Crippen LogP contribution in [0.15, 0.2) is 54.6 Å². The Kier molecular flexibility index (Phi) is 9.71. The molecular formula is C28H31FN2O6. The van der Waals surface area contributed by atoms with Gasteiger partial charge in [0.25, 0.3) is 0 Å². The van der Waals surface area contributed by atoms with Crippen LogP contribution in [0.1, 0.15) is 36.1 Å². The van der Waals surface area contributed by atoms with Gasteiger partial charge in [0.15, 0.2) is 23.0 Å². The molecule has 9 heteroatoms. The van der Waals surface area contributed by atoms with Crippen LogP contribution in [0.3, 0.4) is 0 Å². The Bertz CT molecular complexity index is 1160. The SMILES string of the molecule is CCOC(=N)c1ccc(OCc2cccc(COc3ccc(C(=N)OCC)cc3OC)c2F)c(OC)c1. The minimum atomic E-state index is -0.440. The van der Waals surface area contributed by atoms with Crippen molar-refractivity contribution < 1.29 is 32.8 Å². The summed E-state index contributed by atoms with van der Waals surface area (Å²) in [4.78, 5) is 0. The average molecular weight is 511 g/mol. The highest BCUT2D eigenvalue weighted by Crippen LogP contribution is 2.31. The van der Waals surface area contributed by atoms with Crippen LogP contribution in [0, 0.1) is 16.6 Å². The van der Waals surface area contributed by atoms with Crippen molar-refractivity contribution in [3.8, 4) is 23.0 Å². The summed E-state index contributed by atoms with van der Waals surface area (Å²) in [6.45, 7) is 4.32. The van der Waals surface area contributed by atoms with E-state index in [0.29, 0.717) is 58.5 Å². The van der Waals surface area contributed by atoms with Crippen LogP contribution in [-0.4, -0.2) is 39.2 Å². The minimum absolute atomic E-state index is 0.0319. The number of methoxy groups -OCH3 is 2. The van der Waals surface area contributed by atoms with E-state index in [0.717, 1.165) is 0 Å². The summed E-state index contributed by atoms with van der Waals surface area (Å²) in [6.07, 6.45) is 0. The summed E-state index contributed by atoms with van der Waals surface area (Å²) < 4.78 is 48.1. The van der Waals surface area contributed by atoms with Crippen LogP contribution in [0.25, 0.3) is 0 Å². The second-order valence-corrected chi connectivity index (χ2v) is 7.72. The third-order valence-electron chi connectivity index (χ3n) is 5.35. The molecule has 0 unspecified atom stereocenters. The summed E-state index contributed by atoms with van der Waals surface area (Å²) in [5.74, 6) is 1.28. The predicted octanol–water partition coefficient (Wildman–Crippen LogP) is 5.72. The Morgan fingerprint density at radius 1 is 0.676 bits per heavy atom. The largest absolute Gasteiger partial charge is 0.493 e. The Labute approximate surface area is 215 Å². The van der Waals surface area contributed by atoms with Gasteiger partial charge < -0.3 is 28.4 Å². The van der Waals surface area contributed by atoms with E-state index in [1.807, 2.05) is 0 Å². The molecule has 196 valence electrons. The molecule has 0 heterocycles. The van der Waals surface area contributed by atoms with Crippen LogP contribution >= 0.6 is 0 Å². The molecule has 0 aliphatic carbocycles. The van der Waals surface area contributed by atoms with E-state index in [4.69, 9.17) is 39.2 Å². The first-order valence-corrected chi connectivity index (χ1v) is 11.7. The molecule has 0 atom stereocenters. The number of nitrogens with one attached hydrogen (secondary N) is 2. The van der Waals surface area contributed by atoms with Gasteiger partial charge in [-0.15, -0.1) is 0 Å². The van der Waals surface area contributed by atoms with Gasteiger partial charge >= 0.3 is 0 Å². The second-order valence-electron chi connectivity index (χ2n) is 7.72. The maximum Gasteiger partial charge on any atom is 0.213 e. The van der Waals surface area contributed by atoms with E-state index in [1.165, 1.54) is 14.2 Å². The summed E-state index contributed by atoms with van der Waals surface area (Å²) in [5.41, 5.74) is 1.80. The van der Waals surface area contributed by atoms with Crippen molar-refractivity contribution in [1.29, 1.82) is 10.8 Å². The number of halogens is 1. The summed E-state index contributed by atoms with van der Waals surface area (Å²) in [6, 6.07) is 15.0. The van der Waals surface area contributed by atoms with E-state index >= 15 is 4.39 Å². The standard InChI is InChI=1S/C28H31FN2O6/c1-5-34-27(30)18-10-12-22(24(14-18)32-3)36-16-20-8-7-9-21(26(20)29)17-37-23-13-11-19(15-25(23)33-4)28(31)35-6-2/h7-15,30-31H,5-6,16-17H2,1-4H3. The Balaban J connectivity index is 1.70. The number of rotatable bonds is 12. The molecule has 0 radical (unpaired) electrons. The van der Waals surface area contributed by atoms with Crippen LogP contribution in [0.2, 0.25) is 0 Å². The lowest BCUT2D eigenvalue weighted by Gasteiger charge is -2.15. The highest BCUT2D eigenvalue weighted by Gasteiger charge is 2.15. The van der Waals surface area contributed by atoms with Crippen LogP contribution < -0.4 is 18.9 Å². The molecule has 8 nitrogen and oxygen atoms in total. The smallest absolute Gasteiger partial charge is 0.213 e. The molecule has 0 spiro atoms. The lowest BCUT2D eigenvalue weighted by Crippen LogP contribution is -2.07. The fourth-order valence-corrected chi connectivity index (χ4v) is 3.48. The van der Waals surface area contributed by atoms with Gasteiger partial charge in [0.05, 0.1) is 27.4 Å². The van der Waals surface area contributed by atoms with Gasteiger partial charge in [-0.3, -0.25) is 10.8 Å². The van der Waals surface area contributed by atoms with Gasteiger partial charge in [-0.2, -0.15) is 0 Å². The molecule has 0 aliphatic rings. The second kappa shape index (κ2) is 13.2. The number of benzene rings is 3. The summed E-state index contributed by atoms with van der Waals surface area (Å²) in [7, 11) is 2.99. The number of hydrogen-bond acceptors (Lipinski definition) is 8. The molecule has 3 aromatic rings. The molecule has 3 rings (SSSR count). The maximum absolute atomic E-state index is 15.2. The molecule has 2 N–H and O–H groups in total. The number of ether oxygens (including phenoxy) is 6. The minimum Gasteiger partial charge on any atom is -0.493 e. The predicted molar refractivity (Wildman–Crippen MR) is 138 cm³/mol. The van der Waals surface area contributed by atoms with E-state index in [-0.39, 0.29) is 25.0 Å². The van der Waals surface area contributed by atoms with E-state index in [1.54, 1.807) is 68.4 Å².